The maximum atomic E-state index is 12.7. The van der Waals surface area contributed by atoms with Crippen molar-refractivity contribution in [3.8, 4) is 0 Å². The average molecular weight is 455 g/mol. The van der Waals surface area contributed by atoms with Crippen LogP contribution in [0.25, 0.3) is 0 Å². The standard InChI is InChI=1S/C23H26N4O4S/c1-16-6-7-19(17(2)14-16)15-21-25-26-23(31-21)24-22(28)18-8-10-20(11-9-18)32(29,30)27-12-4-3-5-13-27/h6-11,14H,3-5,12-13,15H2,1-2H3,(H,24,26,28). The molecule has 1 N–H and O–H groups in total. The molecule has 4 rings (SSSR count). The fourth-order valence-electron chi connectivity index (χ4n) is 3.78. The number of nitrogens with zero attached hydrogens (tertiary/aromatic N) is 3. The van der Waals surface area contributed by atoms with Crippen LogP contribution in [-0.2, 0) is 16.4 Å². The third kappa shape index (κ3) is 4.89. The van der Waals surface area contributed by atoms with Crippen molar-refractivity contribution in [2.24, 2.45) is 0 Å². The summed E-state index contributed by atoms with van der Waals surface area (Å²) in [5, 5.41) is 10.5. The minimum absolute atomic E-state index is 0.000204. The number of carbonyl (C=O) groups excluding carboxylic acids is 1. The lowest BCUT2D eigenvalue weighted by molar-refractivity contribution is 0.102. The van der Waals surface area contributed by atoms with Crippen LogP contribution in [0.2, 0.25) is 0 Å². The maximum absolute atomic E-state index is 12.7. The lowest BCUT2D eigenvalue weighted by Gasteiger charge is -2.25. The molecule has 1 aliphatic heterocycles. The molecule has 32 heavy (non-hydrogen) atoms. The van der Waals surface area contributed by atoms with Gasteiger partial charge in [-0.15, -0.1) is 5.10 Å². The first-order chi connectivity index (χ1) is 15.3. The van der Waals surface area contributed by atoms with E-state index in [1.807, 2.05) is 26.0 Å². The predicted octanol–water partition coefficient (Wildman–Crippen LogP) is 3.70. The summed E-state index contributed by atoms with van der Waals surface area (Å²) in [7, 11) is -3.54. The van der Waals surface area contributed by atoms with Crippen LogP contribution in [0.1, 0.15) is 52.2 Å². The highest BCUT2D eigenvalue weighted by Gasteiger charge is 2.26. The zero-order valence-electron chi connectivity index (χ0n) is 18.2. The van der Waals surface area contributed by atoms with E-state index in [0.717, 1.165) is 30.4 Å². The lowest BCUT2D eigenvalue weighted by atomic mass is 10.0. The second kappa shape index (κ2) is 9.22. The maximum Gasteiger partial charge on any atom is 0.322 e. The van der Waals surface area contributed by atoms with Crippen molar-refractivity contribution in [1.29, 1.82) is 0 Å². The molecule has 168 valence electrons. The highest BCUT2D eigenvalue weighted by Crippen LogP contribution is 2.21. The smallest absolute Gasteiger partial charge is 0.322 e. The second-order valence-corrected chi connectivity index (χ2v) is 9.99. The van der Waals surface area contributed by atoms with Crippen LogP contribution in [0.3, 0.4) is 0 Å². The number of benzene rings is 2. The highest BCUT2D eigenvalue weighted by molar-refractivity contribution is 7.89. The van der Waals surface area contributed by atoms with Gasteiger partial charge in [0.1, 0.15) is 0 Å². The highest BCUT2D eigenvalue weighted by atomic mass is 32.2. The van der Waals surface area contributed by atoms with Crippen LogP contribution in [0, 0.1) is 13.8 Å². The number of piperidine rings is 1. The van der Waals surface area contributed by atoms with E-state index in [-0.39, 0.29) is 10.9 Å². The van der Waals surface area contributed by atoms with E-state index in [2.05, 4.69) is 21.6 Å². The van der Waals surface area contributed by atoms with Crippen molar-refractivity contribution in [1.82, 2.24) is 14.5 Å². The summed E-state index contributed by atoms with van der Waals surface area (Å²) >= 11 is 0. The van der Waals surface area contributed by atoms with E-state index in [1.165, 1.54) is 34.1 Å². The average Bonchev–Trinajstić information content (AvgIpc) is 3.23. The first-order valence-electron chi connectivity index (χ1n) is 10.6. The van der Waals surface area contributed by atoms with Gasteiger partial charge in [-0.25, -0.2) is 8.42 Å². The quantitative estimate of drug-likeness (QED) is 0.609. The van der Waals surface area contributed by atoms with Crippen molar-refractivity contribution < 1.29 is 17.6 Å². The van der Waals surface area contributed by atoms with Crippen molar-refractivity contribution >= 4 is 21.9 Å². The molecule has 0 bridgehead atoms. The molecule has 0 unspecified atom stereocenters. The van der Waals surface area contributed by atoms with Gasteiger partial charge < -0.3 is 4.42 Å². The summed E-state index contributed by atoms with van der Waals surface area (Å²) in [6.07, 6.45) is 3.26. The SMILES string of the molecule is Cc1ccc(Cc2nnc(NC(=O)c3ccc(S(=O)(=O)N4CCCCC4)cc3)o2)c(C)c1. The van der Waals surface area contributed by atoms with Gasteiger partial charge in [0, 0.05) is 18.7 Å². The van der Waals surface area contributed by atoms with E-state index in [1.54, 1.807) is 0 Å². The third-order valence-electron chi connectivity index (χ3n) is 5.60. The van der Waals surface area contributed by atoms with Crippen LogP contribution in [0.15, 0.2) is 51.8 Å². The first-order valence-corrected chi connectivity index (χ1v) is 12.1. The molecule has 0 saturated carbocycles. The minimum Gasteiger partial charge on any atom is -0.407 e. The van der Waals surface area contributed by atoms with Gasteiger partial charge in [0.25, 0.3) is 5.91 Å². The van der Waals surface area contributed by atoms with E-state index < -0.39 is 15.9 Å². The molecule has 1 amide bonds. The molecule has 0 spiro atoms. The number of hydrogen-bond acceptors (Lipinski definition) is 6. The Morgan fingerprint density at radius 1 is 1.03 bits per heavy atom. The molecule has 0 atom stereocenters. The molecule has 1 saturated heterocycles. The number of nitrogens with one attached hydrogen (secondary N) is 1. The van der Waals surface area contributed by atoms with Gasteiger partial charge in [-0.1, -0.05) is 35.3 Å². The third-order valence-corrected chi connectivity index (χ3v) is 7.51. The predicted molar refractivity (Wildman–Crippen MR) is 120 cm³/mol. The summed E-state index contributed by atoms with van der Waals surface area (Å²) in [5.41, 5.74) is 3.69. The van der Waals surface area contributed by atoms with Gasteiger partial charge in [0.15, 0.2) is 0 Å². The summed E-state index contributed by atoms with van der Waals surface area (Å²) in [4.78, 5) is 12.7. The topological polar surface area (TPSA) is 105 Å². The van der Waals surface area contributed by atoms with Gasteiger partial charge in [-0.3, -0.25) is 10.1 Å². The number of sulfonamides is 1. The van der Waals surface area contributed by atoms with Crippen molar-refractivity contribution in [2.75, 3.05) is 18.4 Å². The molecular weight excluding hydrogens is 428 g/mol. The molecule has 0 aliphatic carbocycles. The van der Waals surface area contributed by atoms with E-state index >= 15 is 0 Å². The zero-order chi connectivity index (χ0) is 22.7. The minimum atomic E-state index is -3.54. The largest absolute Gasteiger partial charge is 0.407 e. The zero-order valence-corrected chi connectivity index (χ0v) is 19.0. The number of aromatic nitrogens is 2. The second-order valence-electron chi connectivity index (χ2n) is 8.05. The summed E-state index contributed by atoms with van der Waals surface area (Å²) in [6, 6.07) is 12.0. The molecule has 9 heteroatoms. The van der Waals surface area contributed by atoms with Crippen LogP contribution >= 0.6 is 0 Å². The lowest BCUT2D eigenvalue weighted by Crippen LogP contribution is -2.35. The van der Waals surface area contributed by atoms with Gasteiger partial charge >= 0.3 is 6.01 Å². The Bertz CT molecular complexity index is 1210. The van der Waals surface area contributed by atoms with E-state index in [4.69, 9.17) is 4.42 Å². The number of carbonyl (C=O) groups is 1. The Labute approximate surface area is 187 Å². The van der Waals surface area contributed by atoms with Gasteiger partial charge in [-0.05, 0) is 62.1 Å². The molecule has 2 aromatic carbocycles. The van der Waals surface area contributed by atoms with Crippen molar-refractivity contribution in [2.45, 2.75) is 44.4 Å². The summed E-state index contributed by atoms with van der Waals surface area (Å²) in [5.74, 6) is -0.0520. The fourth-order valence-corrected chi connectivity index (χ4v) is 5.30. The molecule has 1 aliphatic rings. The molecule has 0 radical (unpaired) electrons. The molecular formula is C23H26N4O4S. The number of hydrogen-bond donors (Lipinski definition) is 1. The molecule has 2 heterocycles. The fraction of sp³-hybridized carbons (Fsp3) is 0.348. The Balaban J connectivity index is 1.41. The van der Waals surface area contributed by atoms with Gasteiger partial charge in [-0.2, -0.15) is 4.31 Å². The number of amides is 1. The first kappa shape index (κ1) is 22.2. The van der Waals surface area contributed by atoms with Crippen LogP contribution in [-0.4, -0.2) is 41.9 Å². The van der Waals surface area contributed by atoms with Gasteiger partial charge in [0.2, 0.25) is 15.9 Å². The Kier molecular flexibility index (Phi) is 6.38. The normalized spacial score (nSPS) is 14.9. The number of aryl methyl sites for hydroxylation is 2. The van der Waals surface area contributed by atoms with Crippen LogP contribution < -0.4 is 5.32 Å². The van der Waals surface area contributed by atoms with Crippen molar-refractivity contribution in [3.05, 3.63) is 70.6 Å². The summed E-state index contributed by atoms with van der Waals surface area (Å²) in [6.45, 7) is 5.13. The van der Waals surface area contributed by atoms with Crippen LogP contribution in [0.5, 0.6) is 0 Å². The van der Waals surface area contributed by atoms with E-state index in [9.17, 15) is 13.2 Å². The molecule has 1 aromatic heterocycles. The monoisotopic (exact) mass is 454 g/mol. The molecule has 8 nitrogen and oxygen atoms in total. The molecule has 3 aromatic rings. The number of anilines is 1. The van der Waals surface area contributed by atoms with Crippen LogP contribution in [0.4, 0.5) is 6.01 Å². The molecule has 1 fully saturated rings. The number of rotatable bonds is 6. The van der Waals surface area contributed by atoms with Crippen molar-refractivity contribution in [3.63, 3.8) is 0 Å². The Morgan fingerprint density at radius 2 is 1.75 bits per heavy atom. The summed E-state index contributed by atoms with van der Waals surface area (Å²) < 4.78 is 32.6. The Hall–Kier alpha value is -3.04. The van der Waals surface area contributed by atoms with E-state index in [0.29, 0.717) is 31.0 Å². The van der Waals surface area contributed by atoms with Gasteiger partial charge in [0.05, 0.1) is 11.3 Å². The Morgan fingerprint density at radius 3 is 2.44 bits per heavy atom.